The van der Waals surface area contributed by atoms with Gasteiger partial charge in [0.15, 0.2) is 0 Å². The Morgan fingerprint density at radius 2 is 1.57 bits per heavy atom. The van der Waals surface area contributed by atoms with Gasteiger partial charge in [0.1, 0.15) is 5.75 Å². The Bertz CT molecular complexity index is 1080. The number of nitrogens with zero attached hydrogens (tertiary/aromatic N) is 2. The predicted octanol–water partition coefficient (Wildman–Crippen LogP) is 6.17. The Morgan fingerprint density at radius 3 is 2.29 bits per heavy atom. The van der Waals surface area contributed by atoms with E-state index in [0.29, 0.717) is 12.2 Å². The standard InChI is InChI=1S/C28H31ClN2O3S/c29-23-9-7-22(8-10-23)21-31-18-16-30(17-19-31)15-3-4-20-34-24-11-13-25(14-12-24)35-27-6-2-1-5-26(27)28(32)33/h1-2,5-14H,3-4,15-21H2,(H,32,33). The van der Waals surface area contributed by atoms with Gasteiger partial charge in [-0.05, 0) is 73.5 Å². The number of carboxylic acids is 1. The molecule has 0 atom stereocenters. The second kappa shape index (κ2) is 13.0. The summed E-state index contributed by atoms with van der Waals surface area (Å²) in [5.74, 6) is -0.0652. The highest BCUT2D eigenvalue weighted by atomic mass is 35.5. The van der Waals surface area contributed by atoms with Gasteiger partial charge in [0.25, 0.3) is 0 Å². The molecule has 3 aromatic rings. The smallest absolute Gasteiger partial charge is 0.336 e. The Kier molecular flexibility index (Phi) is 9.49. The molecule has 0 aromatic heterocycles. The third kappa shape index (κ3) is 8.00. The van der Waals surface area contributed by atoms with Crippen molar-refractivity contribution < 1.29 is 14.6 Å². The van der Waals surface area contributed by atoms with E-state index in [1.807, 2.05) is 48.5 Å². The van der Waals surface area contributed by atoms with Gasteiger partial charge in [-0.25, -0.2) is 4.79 Å². The molecule has 1 heterocycles. The highest BCUT2D eigenvalue weighted by Crippen LogP contribution is 2.31. The van der Waals surface area contributed by atoms with Gasteiger partial charge in [0.05, 0.1) is 12.2 Å². The first kappa shape index (κ1) is 25.6. The maximum Gasteiger partial charge on any atom is 0.336 e. The Hall–Kier alpha value is -2.51. The highest BCUT2D eigenvalue weighted by Gasteiger charge is 2.16. The number of hydrogen-bond donors (Lipinski definition) is 1. The van der Waals surface area contributed by atoms with Crippen LogP contribution in [-0.2, 0) is 6.54 Å². The third-order valence-corrected chi connectivity index (χ3v) is 7.43. The zero-order valence-corrected chi connectivity index (χ0v) is 21.3. The summed E-state index contributed by atoms with van der Waals surface area (Å²) in [7, 11) is 0. The van der Waals surface area contributed by atoms with E-state index in [9.17, 15) is 9.90 Å². The monoisotopic (exact) mass is 510 g/mol. The maximum atomic E-state index is 11.4. The summed E-state index contributed by atoms with van der Waals surface area (Å²) in [6, 6.07) is 23.1. The van der Waals surface area contributed by atoms with Crippen molar-refractivity contribution >= 4 is 29.3 Å². The summed E-state index contributed by atoms with van der Waals surface area (Å²) in [5.41, 5.74) is 1.64. The molecule has 0 bridgehead atoms. The number of rotatable bonds is 11. The molecule has 4 rings (SSSR count). The van der Waals surface area contributed by atoms with Gasteiger partial charge >= 0.3 is 5.97 Å². The van der Waals surface area contributed by atoms with E-state index in [2.05, 4.69) is 21.9 Å². The number of piperazine rings is 1. The topological polar surface area (TPSA) is 53.0 Å². The van der Waals surface area contributed by atoms with Crippen LogP contribution in [0.2, 0.25) is 5.02 Å². The molecule has 35 heavy (non-hydrogen) atoms. The van der Waals surface area contributed by atoms with Crippen LogP contribution >= 0.6 is 23.4 Å². The fourth-order valence-electron chi connectivity index (χ4n) is 4.11. The van der Waals surface area contributed by atoms with Gasteiger partial charge in [-0.3, -0.25) is 4.90 Å². The number of ether oxygens (including phenoxy) is 1. The van der Waals surface area contributed by atoms with Crippen LogP contribution in [0, 0.1) is 0 Å². The van der Waals surface area contributed by atoms with E-state index in [-0.39, 0.29) is 0 Å². The predicted molar refractivity (Wildman–Crippen MR) is 142 cm³/mol. The molecule has 184 valence electrons. The fraction of sp³-hybridized carbons (Fsp3) is 0.321. The fourth-order valence-corrected chi connectivity index (χ4v) is 5.17. The van der Waals surface area contributed by atoms with E-state index >= 15 is 0 Å². The van der Waals surface area contributed by atoms with Crippen LogP contribution in [0.5, 0.6) is 5.75 Å². The van der Waals surface area contributed by atoms with E-state index in [0.717, 1.165) is 72.7 Å². The summed E-state index contributed by atoms with van der Waals surface area (Å²) in [4.78, 5) is 18.2. The average molecular weight is 511 g/mol. The number of hydrogen-bond acceptors (Lipinski definition) is 5. The van der Waals surface area contributed by atoms with Crippen molar-refractivity contribution in [1.82, 2.24) is 9.80 Å². The minimum Gasteiger partial charge on any atom is -0.494 e. The van der Waals surface area contributed by atoms with Gasteiger partial charge in [-0.2, -0.15) is 0 Å². The molecule has 7 heteroatoms. The van der Waals surface area contributed by atoms with Gasteiger partial charge in [-0.15, -0.1) is 0 Å². The van der Waals surface area contributed by atoms with Crippen molar-refractivity contribution in [2.75, 3.05) is 39.3 Å². The molecule has 1 aliphatic rings. The molecule has 0 radical (unpaired) electrons. The first-order chi connectivity index (χ1) is 17.1. The number of aromatic carboxylic acids is 1. The Labute approximate surface area is 216 Å². The first-order valence-corrected chi connectivity index (χ1v) is 13.2. The van der Waals surface area contributed by atoms with Gasteiger partial charge < -0.3 is 14.7 Å². The van der Waals surface area contributed by atoms with E-state index in [1.165, 1.54) is 17.3 Å². The lowest BCUT2D eigenvalue weighted by Gasteiger charge is -2.34. The number of unbranched alkanes of at least 4 members (excludes halogenated alkanes) is 1. The van der Waals surface area contributed by atoms with Crippen LogP contribution in [0.1, 0.15) is 28.8 Å². The quantitative estimate of drug-likeness (QED) is 0.311. The normalized spacial score (nSPS) is 14.7. The van der Waals surface area contributed by atoms with Crippen LogP contribution in [0.25, 0.3) is 0 Å². The van der Waals surface area contributed by atoms with Crippen LogP contribution in [0.3, 0.4) is 0 Å². The van der Waals surface area contributed by atoms with Crippen molar-refractivity contribution in [2.24, 2.45) is 0 Å². The Morgan fingerprint density at radius 1 is 0.886 bits per heavy atom. The molecule has 0 spiro atoms. The molecule has 1 saturated heterocycles. The molecule has 0 amide bonds. The molecule has 1 aliphatic heterocycles. The minimum atomic E-state index is -0.909. The SMILES string of the molecule is O=C(O)c1ccccc1Sc1ccc(OCCCCN2CCN(Cc3ccc(Cl)cc3)CC2)cc1. The number of carbonyl (C=O) groups is 1. The molecule has 1 fully saturated rings. The van der Waals surface area contributed by atoms with Crippen molar-refractivity contribution in [3.63, 3.8) is 0 Å². The Balaban J connectivity index is 1.11. The van der Waals surface area contributed by atoms with E-state index in [1.54, 1.807) is 12.1 Å². The largest absolute Gasteiger partial charge is 0.494 e. The summed E-state index contributed by atoms with van der Waals surface area (Å²) >= 11 is 7.43. The minimum absolute atomic E-state index is 0.320. The third-order valence-electron chi connectivity index (χ3n) is 6.09. The lowest BCUT2D eigenvalue weighted by Crippen LogP contribution is -2.46. The van der Waals surface area contributed by atoms with Crippen molar-refractivity contribution in [2.45, 2.75) is 29.2 Å². The molecular formula is C28H31ClN2O3S. The summed E-state index contributed by atoms with van der Waals surface area (Å²) < 4.78 is 5.91. The first-order valence-electron chi connectivity index (χ1n) is 12.0. The molecule has 1 N–H and O–H groups in total. The highest BCUT2D eigenvalue weighted by molar-refractivity contribution is 7.99. The van der Waals surface area contributed by atoms with Gasteiger partial charge in [0.2, 0.25) is 0 Å². The maximum absolute atomic E-state index is 11.4. The van der Waals surface area contributed by atoms with Crippen LogP contribution in [-0.4, -0.2) is 60.2 Å². The summed E-state index contributed by atoms with van der Waals surface area (Å²) in [6.07, 6.45) is 2.14. The molecule has 0 aliphatic carbocycles. The van der Waals surface area contributed by atoms with Crippen LogP contribution in [0.15, 0.2) is 82.6 Å². The number of halogens is 1. The lowest BCUT2D eigenvalue weighted by molar-refractivity contribution is 0.0693. The average Bonchev–Trinajstić information content (AvgIpc) is 2.87. The molecule has 3 aromatic carbocycles. The summed E-state index contributed by atoms with van der Waals surface area (Å²) in [5, 5.41) is 10.1. The van der Waals surface area contributed by atoms with E-state index < -0.39 is 5.97 Å². The molecular weight excluding hydrogens is 480 g/mol. The zero-order chi connectivity index (χ0) is 24.5. The second-order valence-electron chi connectivity index (χ2n) is 8.67. The summed E-state index contributed by atoms with van der Waals surface area (Å²) in [6.45, 7) is 7.21. The van der Waals surface area contributed by atoms with Crippen molar-refractivity contribution in [3.05, 3.63) is 88.9 Å². The second-order valence-corrected chi connectivity index (χ2v) is 10.2. The van der Waals surface area contributed by atoms with Gasteiger partial charge in [0, 0.05) is 47.5 Å². The molecule has 5 nitrogen and oxygen atoms in total. The van der Waals surface area contributed by atoms with Crippen molar-refractivity contribution in [3.8, 4) is 5.75 Å². The van der Waals surface area contributed by atoms with Gasteiger partial charge in [-0.1, -0.05) is 47.6 Å². The van der Waals surface area contributed by atoms with Crippen LogP contribution in [0.4, 0.5) is 0 Å². The lowest BCUT2D eigenvalue weighted by atomic mass is 10.2. The van der Waals surface area contributed by atoms with Crippen LogP contribution < -0.4 is 4.74 Å². The van der Waals surface area contributed by atoms with Crippen molar-refractivity contribution in [1.29, 1.82) is 0 Å². The molecule has 0 unspecified atom stereocenters. The number of benzene rings is 3. The zero-order valence-electron chi connectivity index (χ0n) is 19.7. The molecule has 0 saturated carbocycles. The van der Waals surface area contributed by atoms with E-state index in [4.69, 9.17) is 16.3 Å². The number of carboxylic acid groups (broad SMARTS) is 1.